The number of nitrogens with zero attached hydrogens (tertiary/aromatic N) is 2. The summed E-state index contributed by atoms with van der Waals surface area (Å²) in [5.41, 5.74) is 0. The first-order valence-electron chi connectivity index (χ1n) is 5.23. The van der Waals surface area contributed by atoms with Crippen LogP contribution < -0.4 is 0 Å². The molecule has 0 N–H and O–H groups in total. The van der Waals surface area contributed by atoms with E-state index in [1.165, 1.54) is 0 Å². The van der Waals surface area contributed by atoms with E-state index in [4.69, 9.17) is 11.6 Å². The average molecular weight is 219 g/mol. The Kier molecular flexibility index (Phi) is 4.69. The molecule has 1 amide bonds. The molecular weight excluding hydrogens is 200 g/mol. The van der Waals surface area contributed by atoms with E-state index in [9.17, 15) is 4.79 Å². The van der Waals surface area contributed by atoms with E-state index in [2.05, 4.69) is 18.7 Å². The van der Waals surface area contributed by atoms with Gasteiger partial charge in [-0.15, -0.1) is 11.6 Å². The highest BCUT2D eigenvalue weighted by Crippen LogP contribution is 2.07. The summed E-state index contributed by atoms with van der Waals surface area (Å²) < 4.78 is 0. The molecule has 1 rings (SSSR count). The van der Waals surface area contributed by atoms with E-state index in [-0.39, 0.29) is 5.91 Å². The van der Waals surface area contributed by atoms with Gasteiger partial charge in [0.2, 0.25) is 5.91 Å². The first kappa shape index (κ1) is 11.8. The number of piperazine rings is 1. The monoisotopic (exact) mass is 218 g/mol. The molecule has 3 nitrogen and oxygen atoms in total. The summed E-state index contributed by atoms with van der Waals surface area (Å²) in [6, 6.07) is 0.584. The van der Waals surface area contributed by atoms with Gasteiger partial charge in [-0.2, -0.15) is 0 Å². The number of halogens is 1. The average Bonchev–Trinajstić information content (AvgIpc) is 2.18. The third kappa shape index (κ3) is 3.14. The minimum absolute atomic E-state index is 0.198. The highest BCUT2D eigenvalue weighted by Gasteiger charge is 2.21. The van der Waals surface area contributed by atoms with Crippen molar-refractivity contribution in [3.8, 4) is 0 Å². The van der Waals surface area contributed by atoms with E-state index >= 15 is 0 Å². The summed E-state index contributed by atoms with van der Waals surface area (Å²) in [4.78, 5) is 15.8. The molecule has 1 saturated heterocycles. The zero-order valence-electron chi connectivity index (χ0n) is 9.00. The predicted molar refractivity (Wildman–Crippen MR) is 58.6 cm³/mol. The summed E-state index contributed by atoms with van der Waals surface area (Å²) in [6.45, 7) is 8.08. The second-order valence-electron chi connectivity index (χ2n) is 3.95. The fourth-order valence-corrected chi connectivity index (χ4v) is 1.89. The third-order valence-corrected chi connectivity index (χ3v) is 2.89. The highest BCUT2D eigenvalue weighted by atomic mass is 35.5. The summed E-state index contributed by atoms with van der Waals surface area (Å²) >= 11 is 5.54. The van der Waals surface area contributed by atoms with Crippen LogP contribution >= 0.6 is 11.6 Å². The maximum absolute atomic E-state index is 11.5. The Labute approximate surface area is 91.0 Å². The molecule has 0 unspecified atom stereocenters. The molecule has 1 aliphatic heterocycles. The van der Waals surface area contributed by atoms with Crippen LogP contribution in [-0.2, 0) is 4.79 Å². The van der Waals surface area contributed by atoms with Gasteiger partial charge in [-0.1, -0.05) is 0 Å². The van der Waals surface area contributed by atoms with Crippen LogP contribution in [0.3, 0.4) is 0 Å². The van der Waals surface area contributed by atoms with E-state index in [0.717, 1.165) is 26.2 Å². The molecule has 0 bridgehead atoms. The summed E-state index contributed by atoms with van der Waals surface area (Å²) in [5.74, 6) is 0.631. The van der Waals surface area contributed by atoms with Gasteiger partial charge in [0.1, 0.15) is 0 Å². The lowest BCUT2D eigenvalue weighted by atomic mass is 10.2. The lowest BCUT2D eigenvalue weighted by Gasteiger charge is -2.36. The minimum Gasteiger partial charge on any atom is -0.340 e. The molecule has 0 saturated carbocycles. The van der Waals surface area contributed by atoms with Crippen molar-refractivity contribution in [2.75, 3.05) is 32.1 Å². The van der Waals surface area contributed by atoms with Crippen molar-refractivity contribution in [3.63, 3.8) is 0 Å². The first-order chi connectivity index (χ1) is 6.65. The summed E-state index contributed by atoms with van der Waals surface area (Å²) in [7, 11) is 0. The maximum atomic E-state index is 11.5. The molecule has 1 heterocycles. The molecule has 0 aromatic carbocycles. The van der Waals surface area contributed by atoms with Gasteiger partial charge in [0, 0.05) is 44.5 Å². The number of alkyl halides is 1. The SMILES string of the molecule is CC(C)N1CCN(C(=O)CCCl)CC1. The van der Waals surface area contributed by atoms with Crippen LogP contribution in [0, 0.1) is 0 Å². The van der Waals surface area contributed by atoms with Crippen LogP contribution in [0.1, 0.15) is 20.3 Å². The van der Waals surface area contributed by atoms with E-state index in [1.54, 1.807) is 0 Å². The number of carbonyl (C=O) groups excluding carboxylic acids is 1. The van der Waals surface area contributed by atoms with E-state index in [0.29, 0.717) is 18.3 Å². The van der Waals surface area contributed by atoms with Crippen molar-refractivity contribution < 1.29 is 4.79 Å². The molecule has 0 aromatic heterocycles. The lowest BCUT2D eigenvalue weighted by Crippen LogP contribution is -2.50. The van der Waals surface area contributed by atoms with Gasteiger partial charge < -0.3 is 4.90 Å². The zero-order chi connectivity index (χ0) is 10.6. The fourth-order valence-electron chi connectivity index (χ4n) is 1.73. The topological polar surface area (TPSA) is 23.6 Å². The van der Waals surface area contributed by atoms with Crippen LogP contribution in [0.4, 0.5) is 0 Å². The maximum Gasteiger partial charge on any atom is 0.223 e. The van der Waals surface area contributed by atoms with Gasteiger partial charge in [0.25, 0.3) is 0 Å². The van der Waals surface area contributed by atoms with Gasteiger partial charge in [-0.25, -0.2) is 0 Å². The van der Waals surface area contributed by atoms with Crippen LogP contribution in [0.2, 0.25) is 0 Å². The number of hydrogen-bond donors (Lipinski definition) is 0. The van der Waals surface area contributed by atoms with Crippen molar-refractivity contribution in [3.05, 3.63) is 0 Å². The van der Waals surface area contributed by atoms with Crippen LogP contribution in [-0.4, -0.2) is 53.8 Å². The molecule has 0 radical (unpaired) electrons. The van der Waals surface area contributed by atoms with Gasteiger partial charge >= 0.3 is 0 Å². The number of hydrogen-bond acceptors (Lipinski definition) is 2. The molecule has 82 valence electrons. The molecule has 0 aliphatic carbocycles. The third-order valence-electron chi connectivity index (χ3n) is 2.71. The quantitative estimate of drug-likeness (QED) is 0.664. The van der Waals surface area contributed by atoms with Crippen molar-refractivity contribution in [2.45, 2.75) is 26.3 Å². The van der Waals surface area contributed by atoms with Crippen molar-refractivity contribution in [1.29, 1.82) is 0 Å². The Morgan fingerprint density at radius 3 is 2.29 bits per heavy atom. The Morgan fingerprint density at radius 2 is 1.86 bits per heavy atom. The van der Waals surface area contributed by atoms with E-state index in [1.807, 2.05) is 4.90 Å². The molecular formula is C10H19ClN2O. The number of amides is 1. The van der Waals surface area contributed by atoms with Crippen molar-refractivity contribution in [1.82, 2.24) is 9.80 Å². The largest absolute Gasteiger partial charge is 0.340 e. The Bertz CT molecular complexity index is 189. The van der Waals surface area contributed by atoms with Gasteiger partial charge in [0.05, 0.1) is 0 Å². The van der Waals surface area contributed by atoms with Crippen LogP contribution in [0.5, 0.6) is 0 Å². The van der Waals surface area contributed by atoms with Crippen molar-refractivity contribution >= 4 is 17.5 Å². The number of rotatable bonds is 3. The molecule has 14 heavy (non-hydrogen) atoms. The van der Waals surface area contributed by atoms with Crippen LogP contribution in [0.15, 0.2) is 0 Å². The van der Waals surface area contributed by atoms with Crippen molar-refractivity contribution in [2.24, 2.45) is 0 Å². The number of carbonyl (C=O) groups is 1. The Balaban J connectivity index is 2.31. The van der Waals surface area contributed by atoms with Gasteiger partial charge in [-0.05, 0) is 13.8 Å². The Morgan fingerprint density at radius 1 is 1.29 bits per heavy atom. The first-order valence-corrected chi connectivity index (χ1v) is 5.76. The second kappa shape index (κ2) is 5.56. The second-order valence-corrected chi connectivity index (χ2v) is 4.33. The van der Waals surface area contributed by atoms with Crippen LogP contribution in [0.25, 0.3) is 0 Å². The molecule has 0 spiro atoms. The molecule has 0 atom stereocenters. The fraction of sp³-hybridized carbons (Fsp3) is 0.900. The molecule has 1 aliphatic rings. The predicted octanol–water partition coefficient (Wildman–Crippen LogP) is 1.17. The zero-order valence-corrected chi connectivity index (χ0v) is 9.76. The summed E-state index contributed by atoms with van der Waals surface area (Å²) in [6.07, 6.45) is 0.475. The smallest absolute Gasteiger partial charge is 0.223 e. The Hall–Kier alpha value is -0.280. The molecule has 4 heteroatoms. The molecule has 1 fully saturated rings. The van der Waals surface area contributed by atoms with E-state index < -0.39 is 0 Å². The standard InChI is InChI=1S/C10H19ClN2O/c1-9(2)12-5-7-13(8-6-12)10(14)3-4-11/h9H,3-8H2,1-2H3. The molecule has 0 aromatic rings. The normalized spacial score (nSPS) is 19.0. The lowest BCUT2D eigenvalue weighted by molar-refractivity contribution is -0.132. The minimum atomic E-state index is 0.198. The highest BCUT2D eigenvalue weighted by molar-refractivity contribution is 6.18. The van der Waals surface area contributed by atoms with Gasteiger partial charge in [0.15, 0.2) is 0 Å². The van der Waals surface area contributed by atoms with Gasteiger partial charge in [-0.3, -0.25) is 9.69 Å². The summed E-state index contributed by atoms with van der Waals surface area (Å²) in [5, 5.41) is 0.